The van der Waals surface area contributed by atoms with Gasteiger partial charge in [0.25, 0.3) is 0 Å². The van der Waals surface area contributed by atoms with Crippen LogP contribution in [0.2, 0.25) is 0 Å². The highest BCUT2D eigenvalue weighted by Crippen LogP contribution is 2.24. The zero-order chi connectivity index (χ0) is 8.97. The molecule has 0 aromatic rings. The van der Waals surface area contributed by atoms with E-state index in [-0.39, 0.29) is 11.8 Å². The van der Waals surface area contributed by atoms with Crippen molar-refractivity contribution in [3.8, 4) is 0 Å². The van der Waals surface area contributed by atoms with Crippen molar-refractivity contribution in [2.75, 3.05) is 13.2 Å². The molecule has 0 spiro atoms. The van der Waals surface area contributed by atoms with Crippen LogP contribution in [0.15, 0.2) is 0 Å². The molecule has 1 saturated heterocycles. The molecule has 1 heterocycles. The number of carboxylic acids is 1. The molecule has 3 nitrogen and oxygen atoms in total. The van der Waals surface area contributed by atoms with Crippen molar-refractivity contribution in [1.82, 2.24) is 0 Å². The quantitative estimate of drug-likeness (QED) is 0.702. The van der Waals surface area contributed by atoms with Crippen molar-refractivity contribution in [3.63, 3.8) is 0 Å². The van der Waals surface area contributed by atoms with Gasteiger partial charge in [0.2, 0.25) is 0 Å². The van der Waals surface area contributed by atoms with Crippen LogP contribution >= 0.6 is 0 Å². The smallest absolute Gasteiger partial charge is 0.306 e. The summed E-state index contributed by atoms with van der Waals surface area (Å²) >= 11 is 0. The van der Waals surface area contributed by atoms with Crippen LogP contribution in [0.4, 0.5) is 0 Å². The van der Waals surface area contributed by atoms with E-state index in [2.05, 4.69) is 0 Å². The third kappa shape index (κ3) is 2.21. The molecule has 3 heteroatoms. The fourth-order valence-electron chi connectivity index (χ4n) is 1.79. The first-order valence-corrected chi connectivity index (χ1v) is 4.56. The van der Waals surface area contributed by atoms with Gasteiger partial charge in [-0.1, -0.05) is 6.92 Å². The minimum absolute atomic E-state index is 0.203. The summed E-state index contributed by atoms with van der Waals surface area (Å²) in [6.45, 7) is 3.35. The second kappa shape index (κ2) is 4.45. The first-order chi connectivity index (χ1) is 5.75. The van der Waals surface area contributed by atoms with Crippen molar-refractivity contribution < 1.29 is 14.6 Å². The predicted octanol–water partition coefficient (Wildman–Crippen LogP) is 1.52. The predicted molar refractivity (Wildman–Crippen MR) is 45.0 cm³/mol. The molecule has 2 atom stereocenters. The Hall–Kier alpha value is -0.570. The van der Waals surface area contributed by atoms with E-state index >= 15 is 0 Å². The van der Waals surface area contributed by atoms with Gasteiger partial charge in [0.05, 0.1) is 12.5 Å². The lowest BCUT2D eigenvalue weighted by Crippen LogP contribution is -2.29. The first-order valence-electron chi connectivity index (χ1n) is 4.56. The Morgan fingerprint density at radius 2 is 2.50 bits per heavy atom. The van der Waals surface area contributed by atoms with Crippen molar-refractivity contribution in [1.29, 1.82) is 0 Å². The Labute approximate surface area is 72.7 Å². The van der Waals surface area contributed by atoms with Crippen LogP contribution in [0.25, 0.3) is 0 Å². The maximum Gasteiger partial charge on any atom is 0.306 e. The summed E-state index contributed by atoms with van der Waals surface area (Å²) in [5.41, 5.74) is 0. The molecular formula is C9H16O3. The molecule has 1 fully saturated rings. The normalized spacial score (nSPS) is 26.6. The van der Waals surface area contributed by atoms with E-state index < -0.39 is 5.97 Å². The molecule has 0 bridgehead atoms. The van der Waals surface area contributed by atoms with Gasteiger partial charge in [-0.15, -0.1) is 0 Å². The maximum absolute atomic E-state index is 10.8. The highest BCUT2D eigenvalue weighted by molar-refractivity contribution is 5.70. The van der Waals surface area contributed by atoms with E-state index in [4.69, 9.17) is 9.84 Å². The minimum Gasteiger partial charge on any atom is -0.481 e. The lowest BCUT2D eigenvalue weighted by atomic mass is 9.86. The van der Waals surface area contributed by atoms with Crippen LogP contribution in [0, 0.1) is 11.8 Å². The summed E-state index contributed by atoms with van der Waals surface area (Å²) in [7, 11) is 0. The van der Waals surface area contributed by atoms with Crippen LogP contribution in [-0.4, -0.2) is 24.3 Å². The first kappa shape index (κ1) is 9.52. The number of ether oxygens (including phenoxy) is 1. The molecule has 0 aliphatic carbocycles. The average molecular weight is 172 g/mol. The topological polar surface area (TPSA) is 46.5 Å². The fraction of sp³-hybridized carbons (Fsp3) is 0.889. The third-order valence-corrected chi connectivity index (χ3v) is 2.52. The molecule has 2 unspecified atom stereocenters. The van der Waals surface area contributed by atoms with Gasteiger partial charge in [-0.3, -0.25) is 4.79 Å². The Morgan fingerprint density at radius 3 is 2.92 bits per heavy atom. The summed E-state index contributed by atoms with van der Waals surface area (Å²) in [5.74, 6) is -0.639. The van der Waals surface area contributed by atoms with Crippen molar-refractivity contribution in [2.24, 2.45) is 11.8 Å². The zero-order valence-corrected chi connectivity index (χ0v) is 7.45. The lowest BCUT2D eigenvalue weighted by Gasteiger charge is -2.26. The van der Waals surface area contributed by atoms with Gasteiger partial charge in [-0.25, -0.2) is 0 Å². The van der Waals surface area contributed by atoms with Crippen molar-refractivity contribution >= 4 is 5.97 Å². The molecule has 0 radical (unpaired) electrons. The Morgan fingerprint density at radius 1 is 1.75 bits per heavy atom. The van der Waals surface area contributed by atoms with Crippen LogP contribution in [0.3, 0.4) is 0 Å². The summed E-state index contributed by atoms with van der Waals surface area (Å²) in [4.78, 5) is 10.8. The van der Waals surface area contributed by atoms with Gasteiger partial charge in [-0.05, 0) is 25.2 Å². The molecule has 12 heavy (non-hydrogen) atoms. The largest absolute Gasteiger partial charge is 0.481 e. The third-order valence-electron chi connectivity index (χ3n) is 2.52. The van der Waals surface area contributed by atoms with Gasteiger partial charge in [0.15, 0.2) is 0 Å². The van der Waals surface area contributed by atoms with Gasteiger partial charge in [-0.2, -0.15) is 0 Å². The SMILES string of the molecule is CCC(C(=O)O)C1CCCOC1. The Bertz CT molecular complexity index is 150. The molecule has 0 aromatic carbocycles. The molecule has 0 saturated carbocycles. The highest BCUT2D eigenvalue weighted by atomic mass is 16.5. The van der Waals surface area contributed by atoms with Gasteiger partial charge in [0, 0.05) is 6.61 Å². The molecule has 1 aliphatic heterocycles. The molecule has 1 N–H and O–H groups in total. The van der Waals surface area contributed by atoms with E-state index in [1.165, 1.54) is 0 Å². The second-order valence-corrected chi connectivity index (χ2v) is 3.33. The number of carboxylic acid groups (broad SMARTS) is 1. The summed E-state index contributed by atoms with van der Waals surface area (Å²) in [6, 6.07) is 0. The maximum atomic E-state index is 10.8. The van der Waals surface area contributed by atoms with Crippen molar-refractivity contribution in [2.45, 2.75) is 26.2 Å². The molecule has 1 aliphatic rings. The van der Waals surface area contributed by atoms with Crippen LogP contribution in [0.5, 0.6) is 0 Å². The van der Waals surface area contributed by atoms with E-state index in [0.29, 0.717) is 13.0 Å². The van der Waals surface area contributed by atoms with E-state index in [0.717, 1.165) is 19.4 Å². The molecule has 0 aromatic heterocycles. The number of hydrogen-bond acceptors (Lipinski definition) is 2. The fourth-order valence-corrected chi connectivity index (χ4v) is 1.79. The van der Waals surface area contributed by atoms with Crippen LogP contribution < -0.4 is 0 Å². The number of aliphatic carboxylic acids is 1. The van der Waals surface area contributed by atoms with Gasteiger partial charge < -0.3 is 9.84 Å². The molecular weight excluding hydrogens is 156 g/mol. The second-order valence-electron chi connectivity index (χ2n) is 3.33. The standard InChI is InChI=1S/C9H16O3/c1-2-8(9(10)11)7-4-3-5-12-6-7/h7-8H,2-6H2,1H3,(H,10,11). The monoisotopic (exact) mass is 172 g/mol. The number of hydrogen-bond donors (Lipinski definition) is 1. The highest BCUT2D eigenvalue weighted by Gasteiger charge is 2.27. The Balaban J connectivity index is 2.46. The number of carbonyl (C=O) groups is 1. The number of rotatable bonds is 3. The van der Waals surface area contributed by atoms with E-state index in [9.17, 15) is 4.79 Å². The summed E-state index contributed by atoms with van der Waals surface area (Å²) < 4.78 is 5.25. The average Bonchev–Trinajstić information content (AvgIpc) is 2.07. The molecule has 70 valence electrons. The van der Waals surface area contributed by atoms with Gasteiger partial charge >= 0.3 is 5.97 Å². The molecule has 0 amide bonds. The Kier molecular flexibility index (Phi) is 3.53. The minimum atomic E-state index is -0.673. The summed E-state index contributed by atoms with van der Waals surface area (Å²) in [6.07, 6.45) is 2.72. The van der Waals surface area contributed by atoms with E-state index in [1.807, 2.05) is 6.92 Å². The van der Waals surface area contributed by atoms with Crippen LogP contribution in [0.1, 0.15) is 26.2 Å². The zero-order valence-electron chi connectivity index (χ0n) is 7.45. The van der Waals surface area contributed by atoms with E-state index in [1.54, 1.807) is 0 Å². The van der Waals surface area contributed by atoms with Gasteiger partial charge in [0.1, 0.15) is 0 Å². The molecule has 1 rings (SSSR count). The lowest BCUT2D eigenvalue weighted by molar-refractivity contribution is -0.145. The summed E-state index contributed by atoms with van der Waals surface area (Å²) in [5, 5.41) is 8.87. The van der Waals surface area contributed by atoms with Crippen LogP contribution in [-0.2, 0) is 9.53 Å². The van der Waals surface area contributed by atoms with Crippen molar-refractivity contribution in [3.05, 3.63) is 0 Å².